The summed E-state index contributed by atoms with van der Waals surface area (Å²) in [5.41, 5.74) is 5.53. The van der Waals surface area contributed by atoms with Crippen LogP contribution in [-0.4, -0.2) is 10.8 Å². The third-order valence-corrected chi connectivity index (χ3v) is 3.85. The highest BCUT2D eigenvalue weighted by Crippen LogP contribution is 2.33. The fraction of sp³-hybridized carbons (Fsp3) is 0.600. The van der Waals surface area contributed by atoms with Crippen LogP contribution in [0.15, 0.2) is 6.20 Å². The van der Waals surface area contributed by atoms with E-state index in [0.717, 1.165) is 35.6 Å². The number of Topliss-reactive ketones (excluding diaryl/α,β-unsaturated/α-hetero) is 1. The second-order valence-corrected chi connectivity index (χ2v) is 4.83. The summed E-state index contributed by atoms with van der Waals surface area (Å²) in [5, 5.41) is 1.16. The van der Waals surface area contributed by atoms with Gasteiger partial charge in [-0.1, -0.05) is 0 Å². The average Bonchev–Trinajstić information content (AvgIpc) is 2.67. The van der Waals surface area contributed by atoms with Crippen LogP contribution in [-0.2, 0) is 11.3 Å². The van der Waals surface area contributed by atoms with E-state index in [-0.39, 0.29) is 0 Å². The summed E-state index contributed by atoms with van der Waals surface area (Å²) in [6.07, 6.45) is 5.24. The van der Waals surface area contributed by atoms with Crippen LogP contribution in [0, 0.1) is 0 Å². The molecule has 1 heterocycles. The summed E-state index contributed by atoms with van der Waals surface area (Å²) in [7, 11) is 0. The van der Waals surface area contributed by atoms with Crippen LogP contribution >= 0.6 is 11.3 Å². The summed E-state index contributed by atoms with van der Waals surface area (Å²) in [5.74, 6) is 0.898. The zero-order chi connectivity index (χ0) is 9.97. The number of hydrogen-bond donors (Lipinski definition) is 1. The lowest BCUT2D eigenvalue weighted by atomic mass is 9.89. The molecule has 0 unspecified atom stereocenters. The number of hydrogen-bond acceptors (Lipinski definition) is 4. The van der Waals surface area contributed by atoms with Gasteiger partial charge in [-0.05, 0) is 12.8 Å². The monoisotopic (exact) mass is 210 g/mol. The molecule has 14 heavy (non-hydrogen) atoms. The molecule has 1 saturated carbocycles. The van der Waals surface area contributed by atoms with Gasteiger partial charge in [0, 0.05) is 36.4 Å². The molecule has 0 radical (unpaired) electrons. The van der Waals surface area contributed by atoms with Crippen molar-refractivity contribution in [1.29, 1.82) is 0 Å². The van der Waals surface area contributed by atoms with Crippen LogP contribution in [0.4, 0.5) is 0 Å². The van der Waals surface area contributed by atoms with Gasteiger partial charge in [-0.15, -0.1) is 11.3 Å². The quantitative estimate of drug-likeness (QED) is 0.810. The van der Waals surface area contributed by atoms with E-state index in [2.05, 4.69) is 4.98 Å². The molecule has 1 aliphatic rings. The van der Waals surface area contributed by atoms with E-state index in [1.165, 1.54) is 0 Å². The van der Waals surface area contributed by atoms with Gasteiger partial charge in [0.25, 0.3) is 0 Å². The Hall–Kier alpha value is -0.740. The molecule has 3 nitrogen and oxygen atoms in total. The largest absolute Gasteiger partial charge is 0.326 e. The Balaban J connectivity index is 2.04. The highest BCUT2D eigenvalue weighted by atomic mass is 32.1. The number of nitrogens with two attached hydrogens (primary N) is 1. The van der Waals surface area contributed by atoms with E-state index < -0.39 is 0 Å². The number of ketones is 1. The van der Waals surface area contributed by atoms with Crippen molar-refractivity contribution in [2.24, 2.45) is 5.73 Å². The number of nitrogens with zero attached hydrogens (tertiary/aromatic N) is 1. The second-order valence-electron chi connectivity index (χ2n) is 3.68. The topological polar surface area (TPSA) is 56.0 Å². The number of carbonyl (C=O) groups is 1. The molecule has 0 atom stereocenters. The Morgan fingerprint density at radius 3 is 2.79 bits per heavy atom. The molecule has 1 aromatic rings. The highest BCUT2D eigenvalue weighted by molar-refractivity contribution is 7.11. The van der Waals surface area contributed by atoms with Gasteiger partial charge in [0.2, 0.25) is 0 Å². The number of aromatic nitrogens is 1. The first kappa shape index (κ1) is 9.80. The van der Waals surface area contributed by atoms with Gasteiger partial charge >= 0.3 is 0 Å². The molecule has 0 bridgehead atoms. The van der Waals surface area contributed by atoms with Crippen LogP contribution < -0.4 is 5.73 Å². The summed E-state index contributed by atoms with van der Waals surface area (Å²) in [6.45, 7) is 0.573. The first-order chi connectivity index (χ1) is 6.79. The predicted molar refractivity (Wildman–Crippen MR) is 56.2 cm³/mol. The Labute approximate surface area is 87.3 Å². The number of rotatable bonds is 2. The first-order valence-electron chi connectivity index (χ1n) is 4.96. The van der Waals surface area contributed by atoms with Crippen molar-refractivity contribution >= 4 is 17.1 Å². The standard InChI is InChI=1S/C10H14N2OS/c11-5-9-6-12-10(14-9)7-1-3-8(13)4-2-7/h6-7H,1-5,11H2. The molecule has 0 aromatic carbocycles. The second kappa shape index (κ2) is 4.19. The van der Waals surface area contributed by atoms with Gasteiger partial charge in [0.05, 0.1) is 5.01 Å². The van der Waals surface area contributed by atoms with Gasteiger partial charge in [-0.2, -0.15) is 0 Å². The fourth-order valence-corrected chi connectivity index (χ4v) is 2.76. The van der Waals surface area contributed by atoms with Crippen molar-refractivity contribution in [3.05, 3.63) is 16.1 Å². The van der Waals surface area contributed by atoms with Gasteiger partial charge in [-0.25, -0.2) is 4.98 Å². The summed E-state index contributed by atoms with van der Waals surface area (Å²) in [6, 6.07) is 0. The average molecular weight is 210 g/mol. The fourth-order valence-electron chi connectivity index (χ4n) is 1.79. The van der Waals surface area contributed by atoms with E-state index in [0.29, 0.717) is 18.2 Å². The van der Waals surface area contributed by atoms with E-state index in [1.807, 2.05) is 6.20 Å². The molecule has 0 spiro atoms. The molecular weight excluding hydrogens is 196 g/mol. The molecular formula is C10H14N2OS. The molecule has 1 fully saturated rings. The van der Waals surface area contributed by atoms with Crippen molar-refractivity contribution in [2.75, 3.05) is 0 Å². The smallest absolute Gasteiger partial charge is 0.132 e. The van der Waals surface area contributed by atoms with E-state index in [4.69, 9.17) is 5.73 Å². The normalized spacial score (nSPS) is 18.8. The van der Waals surface area contributed by atoms with E-state index in [9.17, 15) is 4.79 Å². The Bertz CT molecular complexity index is 325. The lowest BCUT2D eigenvalue weighted by molar-refractivity contribution is -0.120. The van der Waals surface area contributed by atoms with Gasteiger partial charge < -0.3 is 5.73 Å². The summed E-state index contributed by atoms with van der Waals surface area (Å²) < 4.78 is 0. The Kier molecular flexibility index (Phi) is 2.93. The Morgan fingerprint density at radius 1 is 1.50 bits per heavy atom. The molecule has 1 aromatic heterocycles. The maximum Gasteiger partial charge on any atom is 0.132 e. The van der Waals surface area contributed by atoms with Crippen LogP contribution in [0.3, 0.4) is 0 Å². The maximum absolute atomic E-state index is 11.1. The zero-order valence-corrected chi connectivity index (χ0v) is 8.85. The van der Waals surface area contributed by atoms with Crippen molar-refractivity contribution in [1.82, 2.24) is 4.98 Å². The van der Waals surface area contributed by atoms with Gasteiger partial charge in [0.15, 0.2) is 0 Å². The maximum atomic E-state index is 11.1. The lowest BCUT2D eigenvalue weighted by Crippen LogP contribution is -2.11. The molecule has 76 valence electrons. The molecule has 4 heteroatoms. The third kappa shape index (κ3) is 2.01. The summed E-state index contributed by atoms with van der Waals surface area (Å²) >= 11 is 1.69. The molecule has 0 aliphatic heterocycles. The van der Waals surface area contributed by atoms with Crippen molar-refractivity contribution in [3.8, 4) is 0 Å². The predicted octanol–water partition coefficient (Wildman–Crippen LogP) is 1.83. The van der Waals surface area contributed by atoms with Crippen LogP contribution in [0.25, 0.3) is 0 Å². The van der Waals surface area contributed by atoms with Crippen LogP contribution in [0.2, 0.25) is 0 Å². The molecule has 2 rings (SSSR count). The third-order valence-electron chi connectivity index (χ3n) is 2.67. The number of thiazole rings is 1. The SMILES string of the molecule is NCc1cnc(C2CCC(=O)CC2)s1. The Morgan fingerprint density at radius 2 is 2.21 bits per heavy atom. The van der Waals surface area contributed by atoms with Crippen molar-refractivity contribution < 1.29 is 4.79 Å². The van der Waals surface area contributed by atoms with Crippen molar-refractivity contribution in [2.45, 2.75) is 38.1 Å². The van der Waals surface area contributed by atoms with Gasteiger partial charge in [-0.3, -0.25) is 4.79 Å². The summed E-state index contributed by atoms with van der Waals surface area (Å²) in [4.78, 5) is 16.6. The lowest BCUT2D eigenvalue weighted by Gasteiger charge is -2.18. The molecule has 0 saturated heterocycles. The van der Waals surface area contributed by atoms with E-state index >= 15 is 0 Å². The molecule has 2 N–H and O–H groups in total. The van der Waals surface area contributed by atoms with Crippen LogP contribution in [0.5, 0.6) is 0 Å². The van der Waals surface area contributed by atoms with Crippen molar-refractivity contribution in [3.63, 3.8) is 0 Å². The minimum Gasteiger partial charge on any atom is -0.326 e. The molecule has 0 amide bonds. The van der Waals surface area contributed by atoms with Gasteiger partial charge in [0.1, 0.15) is 5.78 Å². The minimum absolute atomic E-state index is 0.400. The van der Waals surface area contributed by atoms with Crippen LogP contribution in [0.1, 0.15) is 41.5 Å². The first-order valence-corrected chi connectivity index (χ1v) is 5.77. The van der Waals surface area contributed by atoms with E-state index in [1.54, 1.807) is 11.3 Å². The highest BCUT2D eigenvalue weighted by Gasteiger charge is 2.22. The minimum atomic E-state index is 0.400. The number of carbonyl (C=O) groups excluding carboxylic acids is 1. The molecule has 1 aliphatic carbocycles. The zero-order valence-electron chi connectivity index (χ0n) is 8.03.